The molecule has 0 heterocycles. The van der Waals surface area contributed by atoms with E-state index in [0.717, 1.165) is 0 Å². The van der Waals surface area contributed by atoms with Gasteiger partial charge in [0.2, 0.25) is 0 Å². The first kappa shape index (κ1) is 16.3. The van der Waals surface area contributed by atoms with Crippen LogP contribution >= 0.6 is 0 Å². The molecule has 0 bridgehead atoms. The third kappa shape index (κ3) is 4.09. The van der Waals surface area contributed by atoms with E-state index in [1.165, 1.54) is 32.1 Å². The zero-order chi connectivity index (χ0) is 14.4. The lowest BCUT2D eigenvalue weighted by atomic mass is 9.85. The molecule has 0 aliphatic carbocycles. The van der Waals surface area contributed by atoms with Crippen molar-refractivity contribution in [1.29, 1.82) is 0 Å². The molecule has 0 aliphatic heterocycles. The minimum absolute atomic E-state index is 0.684. The van der Waals surface area contributed by atoms with Crippen LogP contribution in [0.15, 0.2) is 12.1 Å². The van der Waals surface area contributed by atoms with Gasteiger partial charge in [-0.05, 0) is 66.7 Å². The first-order valence-electron chi connectivity index (χ1n) is 8.18. The normalized spacial score (nSPS) is 14.4. The summed E-state index contributed by atoms with van der Waals surface area (Å²) in [7, 11) is 0. The van der Waals surface area contributed by atoms with Crippen molar-refractivity contribution in [1.82, 2.24) is 0 Å². The van der Waals surface area contributed by atoms with E-state index < -0.39 is 0 Å². The van der Waals surface area contributed by atoms with Crippen LogP contribution in [-0.2, 0) is 6.42 Å². The highest BCUT2D eigenvalue weighted by atomic mass is 14.2. The van der Waals surface area contributed by atoms with Gasteiger partial charge < -0.3 is 0 Å². The van der Waals surface area contributed by atoms with Gasteiger partial charge in [-0.15, -0.1) is 0 Å². The first-order chi connectivity index (χ1) is 9.04. The third-order valence-electron chi connectivity index (χ3n) is 4.70. The lowest BCUT2D eigenvalue weighted by molar-refractivity contribution is 0.699. The van der Waals surface area contributed by atoms with Gasteiger partial charge in [0.15, 0.2) is 0 Å². The summed E-state index contributed by atoms with van der Waals surface area (Å²) in [6.45, 7) is 13.9. The molecule has 2 atom stereocenters. The highest BCUT2D eigenvalue weighted by molar-refractivity contribution is 5.41. The van der Waals surface area contributed by atoms with E-state index in [4.69, 9.17) is 0 Å². The Hall–Kier alpha value is -0.780. The summed E-state index contributed by atoms with van der Waals surface area (Å²) in [5, 5.41) is 0. The van der Waals surface area contributed by atoms with E-state index in [2.05, 4.69) is 53.7 Å². The number of benzene rings is 1. The standard InChI is InChI=1S/C19H32/c1-7-10-11-17-12-18(14(4)8-2)13-19(16(17)6)15(5)9-3/h12-15H,7-11H2,1-6H3. The first-order valence-corrected chi connectivity index (χ1v) is 8.18. The molecular weight excluding hydrogens is 228 g/mol. The Bertz CT molecular complexity index is 389. The molecule has 0 nitrogen and oxygen atoms in total. The Morgan fingerprint density at radius 1 is 0.947 bits per heavy atom. The zero-order valence-corrected chi connectivity index (χ0v) is 13.8. The van der Waals surface area contributed by atoms with Gasteiger partial charge in [-0.2, -0.15) is 0 Å². The third-order valence-corrected chi connectivity index (χ3v) is 4.70. The summed E-state index contributed by atoms with van der Waals surface area (Å²) in [4.78, 5) is 0. The van der Waals surface area contributed by atoms with Crippen molar-refractivity contribution in [2.24, 2.45) is 0 Å². The van der Waals surface area contributed by atoms with E-state index in [9.17, 15) is 0 Å². The van der Waals surface area contributed by atoms with Gasteiger partial charge in [0.05, 0.1) is 0 Å². The average molecular weight is 260 g/mol. The molecule has 2 unspecified atom stereocenters. The fraction of sp³-hybridized carbons (Fsp3) is 0.684. The highest BCUT2D eigenvalue weighted by Crippen LogP contribution is 2.31. The number of rotatable bonds is 7. The van der Waals surface area contributed by atoms with Crippen molar-refractivity contribution < 1.29 is 0 Å². The Labute approximate surface area is 120 Å². The monoisotopic (exact) mass is 260 g/mol. The minimum Gasteiger partial charge on any atom is -0.0654 e. The summed E-state index contributed by atoms with van der Waals surface area (Å²) in [5.74, 6) is 1.37. The van der Waals surface area contributed by atoms with Crippen LogP contribution in [0, 0.1) is 6.92 Å². The van der Waals surface area contributed by atoms with Crippen molar-refractivity contribution >= 4 is 0 Å². The van der Waals surface area contributed by atoms with Crippen LogP contribution in [-0.4, -0.2) is 0 Å². The summed E-state index contributed by atoms with van der Waals surface area (Å²) in [6, 6.07) is 4.96. The lowest BCUT2D eigenvalue weighted by Gasteiger charge is -2.21. The summed E-state index contributed by atoms with van der Waals surface area (Å²) >= 11 is 0. The molecule has 19 heavy (non-hydrogen) atoms. The highest BCUT2D eigenvalue weighted by Gasteiger charge is 2.14. The van der Waals surface area contributed by atoms with E-state index in [1.807, 2.05) is 0 Å². The van der Waals surface area contributed by atoms with Crippen LogP contribution in [0.4, 0.5) is 0 Å². The summed E-state index contributed by atoms with van der Waals surface area (Å²) in [5.41, 5.74) is 6.28. The Morgan fingerprint density at radius 2 is 1.58 bits per heavy atom. The van der Waals surface area contributed by atoms with Gasteiger partial charge in [-0.25, -0.2) is 0 Å². The molecule has 0 aliphatic rings. The van der Waals surface area contributed by atoms with Gasteiger partial charge in [-0.1, -0.05) is 53.2 Å². The molecule has 0 fully saturated rings. The smallest absolute Gasteiger partial charge is 0.0190 e. The number of aryl methyl sites for hydroxylation is 1. The SMILES string of the molecule is CCCCc1cc(C(C)CC)cc(C(C)CC)c1C. The maximum absolute atomic E-state index is 2.48. The predicted octanol–water partition coefficient (Wildman–Crippen LogP) is 6.36. The van der Waals surface area contributed by atoms with E-state index in [-0.39, 0.29) is 0 Å². The molecule has 0 aromatic heterocycles. The van der Waals surface area contributed by atoms with Crippen molar-refractivity contribution in [2.45, 2.75) is 85.5 Å². The molecule has 0 radical (unpaired) electrons. The average Bonchev–Trinajstić information content (AvgIpc) is 2.44. The molecule has 0 N–H and O–H groups in total. The Kier molecular flexibility index (Phi) is 6.62. The molecular formula is C19H32. The van der Waals surface area contributed by atoms with Crippen LogP contribution in [0.5, 0.6) is 0 Å². The molecule has 0 saturated heterocycles. The maximum atomic E-state index is 2.48. The van der Waals surface area contributed by atoms with Crippen molar-refractivity contribution in [3.05, 3.63) is 34.4 Å². The lowest BCUT2D eigenvalue weighted by Crippen LogP contribution is -2.04. The molecule has 0 amide bonds. The topological polar surface area (TPSA) is 0 Å². The quantitative estimate of drug-likeness (QED) is 0.534. The second-order valence-corrected chi connectivity index (χ2v) is 6.12. The maximum Gasteiger partial charge on any atom is -0.0190 e. The molecule has 108 valence electrons. The van der Waals surface area contributed by atoms with Crippen LogP contribution in [0.1, 0.15) is 94.4 Å². The molecule has 0 spiro atoms. The fourth-order valence-electron chi connectivity index (χ4n) is 2.70. The largest absolute Gasteiger partial charge is 0.0654 e. The molecule has 1 aromatic carbocycles. The fourth-order valence-corrected chi connectivity index (χ4v) is 2.70. The van der Waals surface area contributed by atoms with Crippen LogP contribution in [0.25, 0.3) is 0 Å². The molecule has 0 saturated carbocycles. The second-order valence-electron chi connectivity index (χ2n) is 6.12. The van der Waals surface area contributed by atoms with Crippen molar-refractivity contribution in [3.8, 4) is 0 Å². The summed E-state index contributed by atoms with van der Waals surface area (Å²) < 4.78 is 0. The number of hydrogen-bond donors (Lipinski definition) is 0. The van der Waals surface area contributed by atoms with Gasteiger partial charge in [0.25, 0.3) is 0 Å². The number of unbranched alkanes of at least 4 members (excludes halogenated alkanes) is 1. The molecule has 0 heteroatoms. The van der Waals surface area contributed by atoms with Crippen LogP contribution < -0.4 is 0 Å². The number of hydrogen-bond acceptors (Lipinski definition) is 0. The van der Waals surface area contributed by atoms with Gasteiger partial charge in [0, 0.05) is 0 Å². The minimum atomic E-state index is 0.684. The van der Waals surface area contributed by atoms with E-state index in [1.54, 1.807) is 22.3 Å². The summed E-state index contributed by atoms with van der Waals surface area (Å²) in [6.07, 6.45) is 6.31. The van der Waals surface area contributed by atoms with Gasteiger partial charge >= 0.3 is 0 Å². The van der Waals surface area contributed by atoms with Gasteiger partial charge in [0.1, 0.15) is 0 Å². The van der Waals surface area contributed by atoms with Crippen molar-refractivity contribution in [3.63, 3.8) is 0 Å². The Balaban J connectivity index is 3.21. The van der Waals surface area contributed by atoms with Gasteiger partial charge in [-0.3, -0.25) is 0 Å². The predicted molar refractivity (Wildman–Crippen MR) is 87.2 cm³/mol. The van der Waals surface area contributed by atoms with Crippen molar-refractivity contribution in [2.75, 3.05) is 0 Å². The van der Waals surface area contributed by atoms with Crippen LogP contribution in [0.3, 0.4) is 0 Å². The molecule has 1 aromatic rings. The van der Waals surface area contributed by atoms with E-state index in [0.29, 0.717) is 11.8 Å². The second kappa shape index (κ2) is 7.72. The zero-order valence-electron chi connectivity index (χ0n) is 13.8. The molecule has 1 rings (SSSR count). The Morgan fingerprint density at radius 3 is 2.11 bits per heavy atom. The van der Waals surface area contributed by atoms with Crippen LogP contribution in [0.2, 0.25) is 0 Å². The van der Waals surface area contributed by atoms with E-state index >= 15 is 0 Å².